The summed E-state index contributed by atoms with van der Waals surface area (Å²) in [6, 6.07) is 7.89. The number of nitrogens with zero attached hydrogens (tertiary/aromatic N) is 3. The minimum atomic E-state index is -0.185. The third-order valence-corrected chi connectivity index (χ3v) is 3.62. The van der Waals surface area contributed by atoms with Gasteiger partial charge in [-0.05, 0) is 24.5 Å². The van der Waals surface area contributed by atoms with Crippen LogP contribution >= 0.6 is 0 Å². The number of fused-ring (bicyclic) bond motifs is 1. The molecule has 1 aliphatic heterocycles. The van der Waals surface area contributed by atoms with Crippen molar-refractivity contribution in [3.8, 4) is 0 Å². The van der Waals surface area contributed by atoms with E-state index in [4.69, 9.17) is 0 Å². The van der Waals surface area contributed by atoms with E-state index in [1.54, 1.807) is 0 Å². The first-order valence-corrected chi connectivity index (χ1v) is 6.39. The minimum Gasteiger partial charge on any atom is -0.393 e. The highest BCUT2D eigenvalue weighted by Crippen LogP contribution is 2.22. The molecule has 0 amide bonds. The fraction of sp³-hybridized carbons (Fsp3) is 0.429. The van der Waals surface area contributed by atoms with Gasteiger partial charge in [-0.25, -0.2) is 4.98 Å². The Kier molecular flexibility index (Phi) is 2.88. The van der Waals surface area contributed by atoms with E-state index >= 15 is 0 Å². The van der Waals surface area contributed by atoms with Crippen LogP contribution in [0.5, 0.6) is 0 Å². The van der Waals surface area contributed by atoms with Crippen LogP contribution in [0.3, 0.4) is 0 Å². The molecule has 0 bridgehead atoms. The van der Waals surface area contributed by atoms with Crippen LogP contribution in [0.25, 0.3) is 11.0 Å². The zero-order chi connectivity index (χ0) is 12.5. The molecule has 3 rings (SSSR count). The zero-order valence-electron chi connectivity index (χ0n) is 10.5. The first kappa shape index (κ1) is 11.4. The Morgan fingerprint density at radius 2 is 2.06 bits per heavy atom. The van der Waals surface area contributed by atoms with Crippen molar-refractivity contribution < 1.29 is 5.11 Å². The fourth-order valence-corrected chi connectivity index (χ4v) is 2.44. The summed E-state index contributed by atoms with van der Waals surface area (Å²) in [6.45, 7) is 3.76. The van der Waals surface area contributed by atoms with E-state index < -0.39 is 0 Å². The Labute approximate surface area is 106 Å². The summed E-state index contributed by atoms with van der Waals surface area (Å²) in [6.07, 6.45) is 2.44. The number of anilines is 1. The summed E-state index contributed by atoms with van der Waals surface area (Å²) in [4.78, 5) is 11.3. The summed E-state index contributed by atoms with van der Waals surface area (Å²) in [5.41, 5.74) is 1.85. The van der Waals surface area contributed by atoms with Crippen molar-refractivity contribution in [1.29, 1.82) is 0 Å². The van der Waals surface area contributed by atoms with Crippen LogP contribution in [0.1, 0.15) is 13.3 Å². The highest BCUT2D eigenvalue weighted by Gasteiger charge is 2.25. The molecule has 18 heavy (non-hydrogen) atoms. The lowest BCUT2D eigenvalue weighted by Crippen LogP contribution is -2.42. The first-order valence-electron chi connectivity index (χ1n) is 6.39. The average Bonchev–Trinajstić information content (AvgIpc) is 2.41. The molecule has 2 aromatic rings. The quantitative estimate of drug-likeness (QED) is 0.830. The Hall–Kier alpha value is -1.68. The number of hydrogen-bond donors (Lipinski definition) is 1. The predicted molar refractivity (Wildman–Crippen MR) is 71.5 cm³/mol. The zero-order valence-corrected chi connectivity index (χ0v) is 10.5. The second kappa shape index (κ2) is 4.53. The predicted octanol–water partition coefficient (Wildman–Crippen LogP) is 1.84. The number of para-hydroxylation sites is 2. The maximum atomic E-state index is 9.75. The largest absolute Gasteiger partial charge is 0.393 e. The standard InChI is InChI=1S/C14H17N3O/c1-10-9-17(7-6-13(10)18)14-8-15-11-4-2-3-5-12(11)16-14/h2-5,8,10,13,18H,6-7,9H2,1H3. The van der Waals surface area contributed by atoms with Gasteiger partial charge in [0.1, 0.15) is 5.82 Å². The van der Waals surface area contributed by atoms with Gasteiger partial charge in [0.25, 0.3) is 0 Å². The number of aromatic nitrogens is 2. The molecule has 1 aromatic carbocycles. The van der Waals surface area contributed by atoms with Gasteiger partial charge in [0.05, 0.1) is 23.3 Å². The van der Waals surface area contributed by atoms with E-state index in [2.05, 4.69) is 21.8 Å². The van der Waals surface area contributed by atoms with Gasteiger partial charge in [-0.2, -0.15) is 0 Å². The van der Waals surface area contributed by atoms with Crippen molar-refractivity contribution in [3.05, 3.63) is 30.5 Å². The Morgan fingerprint density at radius 1 is 1.28 bits per heavy atom. The Bertz CT molecular complexity index is 557. The molecule has 1 fully saturated rings. The van der Waals surface area contributed by atoms with E-state index in [0.29, 0.717) is 0 Å². The molecule has 2 unspecified atom stereocenters. The maximum absolute atomic E-state index is 9.75. The molecule has 1 aliphatic rings. The van der Waals surface area contributed by atoms with Crippen molar-refractivity contribution in [3.63, 3.8) is 0 Å². The Morgan fingerprint density at radius 3 is 2.83 bits per heavy atom. The van der Waals surface area contributed by atoms with Gasteiger partial charge in [-0.15, -0.1) is 0 Å². The molecule has 1 aromatic heterocycles. The van der Waals surface area contributed by atoms with E-state index in [1.165, 1.54) is 0 Å². The summed E-state index contributed by atoms with van der Waals surface area (Å²) in [5, 5.41) is 9.75. The van der Waals surface area contributed by atoms with Crippen LogP contribution in [-0.2, 0) is 0 Å². The van der Waals surface area contributed by atoms with Crippen LogP contribution in [-0.4, -0.2) is 34.3 Å². The third kappa shape index (κ3) is 2.04. The van der Waals surface area contributed by atoms with Crippen LogP contribution in [0.15, 0.2) is 30.5 Å². The molecule has 2 atom stereocenters. The number of rotatable bonds is 1. The van der Waals surface area contributed by atoms with Gasteiger partial charge >= 0.3 is 0 Å². The van der Waals surface area contributed by atoms with Crippen molar-refractivity contribution in [2.45, 2.75) is 19.4 Å². The monoisotopic (exact) mass is 243 g/mol. The summed E-state index contributed by atoms with van der Waals surface area (Å²) >= 11 is 0. The second-order valence-electron chi connectivity index (χ2n) is 5.00. The molecular weight excluding hydrogens is 226 g/mol. The molecule has 1 N–H and O–H groups in total. The lowest BCUT2D eigenvalue weighted by atomic mass is 9.97. The normalized spacial score (nSPS) is 24.4. The smallest absolute Gasteiger partial charge is 0.147 e. The summed E-state index contributed by atoms with van der Waals surface area (Å²) in [5.74, 6) is 1.19. The summed E-state index contributed by atoms with van der Waals surface area (Å²) in [7, 11) is 0. The fourth-order valence-electron chi connectivity index (χ4n) is 2.44. The van der Waals surface area contributed by atoms with Crippen molar-refractivity contribution in [2.75, 3.05) is 18.0 Å². The van der Waals surface area contributed by atoms with Gasteiger partial charge in [0, 0.05) is 13.1 Å². The lowest BCUT2D eigenvalue weighted by Gasteiger charge is -2.34. The number of aliphatic hydroxyl groups excluding tert-OH is 1. The first-order chi connectivity index (χ1) is 8.74. The SMILES string of the molecule is CC1CN(c2cnc3ccccc3n2)CCC1O. The van der Waals surface area contributed by atoms with E-state index in [0.717, 1.165) is 36.4 Å². The second-order valence-corrected chi connectivity index (χ2v) is 5.00. The van der Waals surface area contributed by atoms with Gasteiger partial charge in [0.15, 0.2) is 0 Å². The minimum absolute atomic E-state index is 0.185. The van der Waals surface area contributed by atoms with Crippen molar-refractivity contribution >= 4 is 16.9 Å². The van der Waals surface area contributed by atoms with Crippen LogP contribution in [0.2, 0.25) is 0 Å². The molecule has 94 valence electrons. The van der Waals surface area contributed by atoms with Gasteiger partial charge < -0.3 is 10.0 Å². The van der Waals surface area contributed by atoms with Crippen molar-refractivity contribution in [1.82, 2.24) is 9.97 Å². The topological polar surface area (TPSA) is 49.2 Å². The van der Waals surface area contributed by atoms with Crippen LogP contribution in [0.4, 0.5) is 5.82 Å². The Balaban J connectivity index is 1.90. The molecule has 0 radical (unpaired) electrons. The number of benzene rings is 1. The maximum Gasteiger partial charge on any atom is 0.147 e. The van der Waals surface area contributed by atoms with Crippen LogP contribution < -0.4 is 4.90 Å². The molecule has 1 saturated heterocycles. The van der Waals surface area contributed by atoms with Crippen LogP contribution in [0, 0.1) is 5.92 Å². The van der Waals surface area contributed by atoms with E-state index in [-0.39, 0.29) is 12.0 Å². The molecular formula is C14H17N3O. The van der Waals surface area contributed by atoms with E-state index in [1.807, 2.05) is 30.5 Å². The molecule has 2 heterocycles. The van der Waals surface area contributed by atoms with Gasteiger partial charge in [-0.3, -0.25) is 4.98 Å². The third-order valence-electron chi connectivity index (χ3n) is 3.62. The molecule has 0 aliphatic carbocycles. The number of hydrogen-bond acceptors (Lipinski definition) is 4. The average molecular weight is 243 g/mol. The summed E-state index contributed by atoms with van der Waals surface area (Å²) < 4.78 is 0. The highest BCUT2D eigenvalue weighted by atomic mass is 16.3. The molecule has 0 spiro atoms. The van der Waals surface area contributed by atoms with E-state index in [9.17, 15) is 5.11 Å². The number of aliphatic hydroxyl groups is 1. The lowest BCUT2D eigenvalue weighted by molar-refractivity contribution is 0.0969. The van der Waals surface area contributed by atoms with Crippen molar-refractivity contribution in [2.24, 2.45) is 5.92 Å². The molecule has 4 heteroatoms. The molecule has 4 nitrogen and oxygen atoms in total. The molecule has 0 saturated carbocycles. The van der Waals surface area contributed by atoms with Gasteiger partial charge in [-0.1, -0.05) is 19.1 Å². The number of piperidine rings is 1. The highest BCUT2D eigenvalue weighted by molar-refractivity contribution is 5.75. The van der Waals surface area contributed by atoms with Gasteiger partial charge in [0.2, 0.25) is 0 Å².